The molecule has 256 valence electrons. The molecule has 3 aromatic heterocycles. The second-order valence-corrected chi connectivity index (χ2v) is 12.6. The molecule has 49 heavy (non-hydrogen) atoms. The second-order valence-electron chi connectivity index (χ2n) is 12.6. The van der Waals surface area contributed by atoms with Crippen LogP contribution in [0.2, 0.25) is 0 Å². The number of ether oxygens (including phenoxy) is 1. The number of carbonyl (C=O) groups excluding carboxylic acids is 1. The number of hydrogen-bond acceptors (Lipinski definition) is 10. The Morgan fingerprint density at radius 1 is 1.00 bits per heavy atom. The third kappa shape index (κ3) is 6.54. The Labute approximate surface area is 279 Å². The number of morpholine rings is 1. The van der Waals surface area contributed by atoms with E-state index in [1.807, 2.05) is 14.1 Å². The van der Waals surface area contributed by atoms with Gasteiger partial charge in [0.05, 0.1) is 35.2 Å². The molecule has 0 unspecified atom stereocenters. The van der Waals surface area contributed by atoms with E-state index >= 15 is 4.39 Å². The van der Waals surface area contributed by atoms with E-state index in [1.165, 1.54) is 18.3 Å². The van der Waals surface area contributed by atoms with Crippen molar-refractivity contribution in [3.8, 4) is 0 Å². The summed E-state index contributed by atoms with van der Waals surface area (Å²) in [6.45, 7) is 5.61. The highest BCUT2D eigenvalue weighted by Crippen LogP contribution is 2.35. The van der Waals surface area contributed by atoms with Gasteiger partial charge in [-0.2, -0.15) is 0 Å². The largest absolute Gasteiger partial charge is 0.453 e. The van der Waals surface area contributed by atoms with Crippen molar-refractivity contribution >= 4 is 67.1 Å². The fourth-order valence-corrected chi connectivity index (χ4v) is 6.36. The summed E-state index contributed by atoms with van der Waals surface area (Å²) >= 11 is 0. The summed E-state index contributed by atoms with van der Waals surface area (Å²) < 4.78 is 35.6. The van der Waals surface area contributed by atoms with Gasteiger partial charge in [-0.3, -0.25) is 14.5 Å². The average Bonchev–Trinajstić information content (AvgIpc) is 3.10. The zero-order chi connectivity index (χ0) is 34.1. The Balaban J connectivity index is 1.34. The molecule has 1 aliphatic rings. The molecular weight excluding hydrogens is 633 g/mol. The van der Waals surface area contributed by atoms with Crippen molar-refractivity contribution in [2.75, 3.05) is 71.9 Å². The molecule has 0 aliphatic carbocycles. The minimum absolute atomic E-state index is 0.0149. The van der Waals surface area contributed by atoms with Gasteiger partial charge in [0.1, 0.15) is 22.5 Å². The van der Waals surface area contributed by atoms with E-state index in [0.717, 1.165) is 39.0 Å². The number of unbranched alkanes of at least 4 members (excludes halogenated alkanes) is 1. The minimum Gasteiger partial charge on any atom is -0.453 e. The lowest BCUT2D eigenvalue weighted by Crippen LogP contribution is -2.38. The summed E-state index contributed by atoms with van der Waals surface area (Å²) in [7, 11) is 4.00. The zero-order valence-corrected chi connectivity index (χ0v) is 27.4. The number of aromatic amines is 1. The predicted octanol–water partition coefficient (Wildman–Crippen LogP) is 5.73. The van der Waals surface area contributed by atoms with E-state index in [0.29, 0.717) is 71.5 Å². The van der Waals surface area contributed by atoms with Crippen LogP contribution in [0.4, 0.5) is 15.8 Å². The van der Waals surface area contributed by atoms with Crippen molar-refractivity contribution in [1.29, 1.82) is 0 Å². The van der Waals surface area contributed by atoms with Crippen molar-refractivity contribution < 1.29 is 22.8 Å². The SMILES string of the molecule is CN(C)CCCCNc1c(F)cc2c(=O)c(C(=O)NCCCN3CCOCC3)cn3c4cc5oc6cc(N=O)ccc6[nH]c5cc4oc1c23. The molecule has 1 aliphatic heterocycles. The van der Waals surface area contributed by atoms with Crippen LogP contribution in [0, 0.1) is 10.7 Å². The molecule has 1 saturated heterocycles. The molecule has 1 amide bonds. The van der Waals surface area contributed by atoms with E-state index in [9.17, 15) is 14.5 Å². The summed E-state index contributed by atoms with van der Waals surface area (Å²) in [5.41, 5.74) is 2.99. The minimum atomic E-state index is -0.654. The molecule has 0 spiro atoms. The highest BCUT2D eigenvalue weighted by atomic mass is 19.1. The molecule has 0 radical (unpaired) electrons. The van der Waals surface area contributed by atoms with Crippen LogP contribution in [0.1, 0.15) is 29.6 Å². The quantitative estimate of drug-likeness (QED) is 0.0642. The van der Waals surface area contributed by atoms with E-state index in [2.05, 4.69) is 30.6 Å². The van der Waals surface area contributed by atoms with E-state index in [1.54, 1.807) is 28.7 Å². The van der Waals surface area contributed by atoms with Crippen molar-refractivity contribution in [3.63, 3.8) is 0 Å². The van der Waals surface area contributed by atoms with Gasteiger partial charge in [0.25, 0.3) is 5.91 Å². The van der Waals surface area contributed by atoms with Gasteiger partial charge < -0.3 is 38.5 Å². The summed E-state index contributed by atoms with van der Waals surface area (Å²) in [6, 6.07) is 9.41. The molecule has 1 fully saturated rings. The number of H-pyrrole nitrogens is 1. The number of amides is 1. The van der Waals surface area contributed by atoms with Crippen molar-refractivity contribution in [1.82, 2.24) is 24.5 Å². The number of nitroso groups, excluding NO2 is 1. The lowest BCUT2D eigenvalue weighted by atomic mass is 10.1. The standard InChI is InChI=1S/C35H38FN7O6/c1-41(2)10-4-3-8-37-31-24(36)17-22-32-34(31)49-30-18-26-29(48-28-16-21(40-46)6-7-25(28)39-26)19-27(30)43(32)20-23(33(22)44)35(45)38-9-5-11-42-12-14-47-15-13-42/h6-7,16-20,37,39H,3-5,8-15H2,1-2H3,(H,38,45). The molecule has 3 N–H and O–H groups in total. The van der Waals surface area contributed by atoms with Gasteiger partial charge in [0, 0.05) is 50.6 Å². The van der Waals surface area contributed by atoms with Gasteiger partial charge in [-0.15, -0.1) is 4.91 Å². The normalized spacial score (nSPS) is 14.1. The van der Waals surface area contributed by atoms with E-state index < -0.39 is 17.2 Å². The molecule has 14 heteroatoms. The Bertz CT molecular complexity index is 2280. The highest BCUT2D eigenvalue weighted by Gasteiger charge is 2.23. The van der Waals surface area contributed by atoms with Gasteiger partial charge in [0.2, 0.25) is 5.43 Å². The predicted molar refractivity (Wildman–Crippen MR) is 187 cm³/mol. The van der Waals surface area contributed by atoms with Crippen LogP contribution >= 0.6 is 0 Å². The average molecular weight is 672 g/mol. The number of nitrogens with one attached hydrogen (secondary N) is 3. The van der Waals surface area contributed by atoms with Crippen LogP contribution in [0.25, 0.3) is 49.8 Å². The van der Waals surface area contributed by atoms with Crippen molar-refractivity contribution in [3.05, 3.63) is 69.1 Å². The molecule has 3 aromatic carbocycles. The lowest BCUT2D eigenvalue weighted by molar-refractivity contribution is 0.0374. The Hall–Kier alpha value is -5.05. The third-order valence-corrected chi connectivity index (χ3v) is 8.91. The molecule has 0 saturated carbocycles. The first kappa shape index (κ1) is 32.5. The molecule has 0 bridgehead atoms. The van der Waals surface area contributed by atoms with E-state index in [-0.39, 0.29) is 27.9 Å². The highest BCUT2D eigenvalue weighted by molar-refractivity contribution is 6.07. The van der Waals surface area contributed by atoms with Crippen LogP contribution in [-0.2, 0) is 4.74 Å². The number of benzene rings is 3. The van der Waals surface area contributed by atoms with Gasteiger partial charge >= 0.3 is 0 Å². The summed E-state index contributed by atoms with van der Waals surface area (Å²) in [4.78, 5) is 46.2. The summed E-state index contributed by atoms with van der Waals surface area (Å²) in [6.07, 6.45) is 3.88. The zero-order valence-electron chi connectivity index (χ0n) is 27.4. The van der Waals surface area contributed by atoms with Crippen LogP contribution in [-0.4, -0.2) is 91.7 Å². The van der Waals surface area contributed by atoms with Crippen LogP contribution in [0.5, 0.6) is 0 Å². The van der Waals surface area contributed by atoms with E-state index in [4.69, 9.17) is 13.6 Å². The maximum absolute atomic E-state index is 15.9. The summed E-state index contributed by atoms with van der Waals surface area (Å²) in [5, 5.41) is 9.09. The Morgan fingerprint density at radius 2 is 1.82 bits per heavy atom. The fraction of sp³-hybridized carbons (Fsp3) is 0.371. The molecule has 7 rings (SSSR count). The fourth-order valence-electron chi connectivity index (χ4n) is 6.36. The monoisotopic (exact) mass is 671 g/mol. The van der Waals surface area contributed by atoms with Gasteiger partial charge in [0.15, 0.2) is 28.1 Å². The number of fused-ring (bicyclic) bond motifs is 4. The van der Waals surface area contributed by atoms with Crippen molar-refractivity contribution in [2.24, 2.45) is 5.18 Å². The van der Waals surface area contributed by atoms with Crippen LogP contribution < -0.4 is 16.1 Å². The van der Waals surface area contributed by atoms with Crippen LogP contribution in [0.15, 0.2) is 61.4 Å². The number of carbonyl (C=O) groups is 1. The maximum Gasteiger partial charge on any atom is 0.256 e. The third-order valence-electron chi connectivity index (χ3n) is 8.91. The van der Waals surface area contributed by atoms with Crippen LogP contribution in [0.3, 0.4) is 0 Å². The van der Waals surface area contributed by atoms with Gasteiger partial charge in [-0.1, -0.05) is 0 Å². The molecular formula is C35H38FN7O6. The lowest BCUT2D eigenvalue weighted by Gasteiger charge is -2.26. The number of nitrogens with zero attached hydrogens (tertiary/aromatic N) is 4. The topological polar surface area (TPSA) is 150 Å². The van der Waals surface area contributed by atoms with Gasteiger partial charge in [-0.05, 0) is 69.8 Å². The first-order valence-corrected chi connectivity index (χ1v) is 16.5. The molecule has 13 nitrogen and oxygen atoms in total. The van der Waals surface area contributed by atoms with Gasteiger partial charge in [-0.25, -0.2) is 4.39 Å². The maximum atomic E-state index is 15.9. The number of rotatable bonds is 12. The first-order valence-electron chi connectivity index (χ1n) is 16.5. The molecule has 4 heterocycles. The number of halogens is 1. The molecule has 6 aromatic rings. The number of aromatic nitrogens is 2. The van der Waals surface area contributed by atoms with Crippen molar-refractivity contribution in [2.45, 2.75) is 19.3 Å². The molecule has 0 atom stereocenters. The Kier molecular flexibility index (Phi) is 9.17. The summed E-state index contributed by atoms with van der Waals surface area (Å²) in [5.74, 6) is -1.20. The number of anilines is 1. The smallest absolute Gasteiger partial charge is 0.256 e. The number of pyridine rings is 1. The number of hydrogen-bond donors (Lipinski definition) is 3. The first-order chi connectivity index (χ1) is 23.8. The Morgan fingerprint density at radius 3 is 2.61 bits per heavy atom. The second kappa shape index (κ2) is 13.8.